The number of benzene rings is 2. The van der Waals surface area contributed by atoms with E-state index in [-0.39, 0.29) is 17.7 Å². The summed E-state index contributed by atoms with van der Waals surface area (Å²) < 4.78 is 51.6. The van der Waals surface area contributed by atoms with Gasteiger partial charge >= 0.3 is 29.8 Å². The van der Waals surface area contributed by atoms with Crippen LogP contribution in [-0.2, 0) is 57.2 Å². The number of amides is 1. The van der Waals surface area contributed by atoms with Gasteiger partial charge in [-0.25, -0.2) is 9.18 Å². The number of ether oxygens (including phenoxy) is 7. The zero-order chi connectivity index (χ0) is 36.0. The molecular weight excluding hydrogens is 649 g/mol. The van der Waals surface area contributed by atoms with Crippen LogP contribution in [0.5, 0.6) is 5.75 Å². The lowest BCUT2D eigenvalue weighted by atomic mass is 9.79. The normalized spacial score (nSPS) is 25.2. The van der Waals surface area contributed by atoms with Gasteiger partial charge in [0, 0.05) is 34.7 Å². The van der Waals surface area contributed by atoms with Gasteiger partial charge in [0.05, 0.1) is 19.1 Å². The second-order valence-corrected chi connectivity index (χ2v) is 11.6. The SMILES string of the molecule is COC(=O)[C@H]1O[C@@H](Oc2ccc([C@@H]3C(CC[C@H](OC(C)=O)c4ccc(F)cc4)C(=O)N3C)cc2)[C@H](OC(C)=O)[C@@H](OC(C)=O)[C@@H]1OC(C)=O. The number of β-lactam (4-membered cyclic amide) rings is 1. The Bertz CT molecular complexity index is 1550. The second-order valence-electron chi connectivity index (χ2n) is 11.6. The van der Waals surface area contributed by atoms with Crippen LogP contribution in [0.15, 0.2) is 48.5 Å². The maximum atomic E-state index is 13.5. The Morgan fingerprint density at radius 1 is 0.816 bits per heavy atom. The maximum Gasteiger partial charge on any atom is 0.339 e. The number of likely N-dealkylation sites (tertiary alicyclic amines) is 1. The van der Waals surface area contributed by atoms with Crippen LogP contribution >= 0.6 is 0 Å². The van der Waals surface area contributed by atoms with E-state index in [0.717, 1.165) is 33.4 Å². The van der Waals surface area contributed by atoms with E-state index in [4.69, 9.17) is 33.2 Å². The number of carbonyl (C=O) groups excluding carboxylic acids is 6. The van der Waals surface area contributed by atoms with Crippen molar-refractivity contribution in [3.05, 3.63) is 65.5 Å². The number of esters is 5. The largest absolute Gasteiger partial charge is 0.467 e. The third kappa shape index (κ3) is 8.90. The molecule has 0 radical (unpaired) electrons. The summed E-state index contributed by atoms with van der Waals surface area (Å²) in [6.45, 7) is 4.54. The highest BCUT2D eigenvalue weighted by atomic mass is 19.1. The minimum atomic E-state index is -1.62. The van der Waals surface area contributed by atoms with E-state index in [0.29, 0.717) is 18.4 Å². The third-order valence-electron chi connectivity index (χ3n) is 8.06. The van der Waals surface area contributed by atoms with Gasteiger partial charge in [0.2, 0.25) is 18.3 Å². The molecule has 49 heavy (non-hydrogen) atoms. The molecule has 0 N–H and O–H groups in total. The van der Waals surface area contributed by atoms with Crippen molar-refractivity contribution in [3.63, 3.8) is 0 Å². The lowest BCUT2D eigenvalue weighted by molar-refractivity contribution is -0.282. The zero-order valence-corrected chi connectivity index (χ0v) is 27.8. The van der Waals surface area contributed by atoms with E-state index >= 15 is 0 Å². The summed E-state index contributed by atoms with van der Waals surface area (Å²) in [6, 6.07) is 11.9. The fourth-order valence-electron chi connectivity index (χ4n) is 6.01. The number of methoxy groups -OCH3 is 1. The Kier molecular flexibility index (Phi) is 11.9. The Morgan fingerprint density at radius 2 is 1.39 bits per heavy atom. The molecule has 2 aliphatic rings. The van der Waals surface area contributed by atoms with Crippen LogP contribution in [-0.4, -0.2) is 85.5 Å². The smallest absolute Gasteiger partial charge is 0.339 e. The van der Waals surface area contributed by atoms with Crippen LogP contribution in [0.4, 0.5) is 4.39 Å². The maximum absolute atomic E-state index is 13.5. The molecule has 14 nitrogen and oxygen atoms in total. The highest BCUT2D eigenvalue weighted by molar-refractivity contribution is 5.86. The summed E-state index contributed by atoms with van der Waals surface area (Å²) in [7, 11) is 2.75. The van der Waals surface area contributed by atoms with Crippen molar-refractivity contribution >= 4 is 35.8 Å². The third-order valence-corrected chi connectivity index (χ3v) is 8.06. The summed E-state index contributed by atoms with van der Waals surface area (Å²) in [5, 5.41) is 0. The second kappa shape index (κ2) is 15.9. The highest BCUT2D eigenvalue weighted by Crippen LogP contribution is 2.43. The van der Waals surface area contributed by atoms with E-state index in [1.54, 1.807) is 36.2 Å². The number of carbonyl (C=O) groups is 6. The molecule has 4 rings (SSSR count). The first-order valence-corrected chi connectivity index (χ1v) is 15.4. The van der Waals surface area contributed by atoms with Gasteiger partial charge in [0.25, 0.3) is 0 Å². The van der Waals surface area contributed by atoms with Crippen molar-refractivity contribution in [3.8, 4) is 5.75 Å². The standard InChI is InChI=1S/C34H38FNO13/c1-17(37)44-26(21-7-11-23(35)12-8-21)16-15-25-27(36(5)32(25)41)22-9-13-24(14-10-22)48-34-31(47-20(4)40)29(46-19(3)39)28(45-18(2)38)30(49-34)33(42)43-6/h7-14,25-31,34H,15-16H2,1-6H3/t25?,26-,27+,28-,29-,30-,31+,34+/m0/s1. The van der Waals surface area contributed by atoms with Gasteiger partial charge in [-0.1, -0.05) is 24.3 Å². The molecule has 0 bridgehead atoms. The molecule has 0 saturated carbocycles. The first-order valence-electron chi connectivity index (χ1n) is 15.4. The van der Waals surface area contributed by atoms with Crippen molar-refractivity contribution in [2.75, 3.05) is 14.2 Å². The summed E-state index contributed by atoms with van der Waals surface area (Å²) in [6.07, 6.45) is -7.63. The molecule has 0 spiro atoms. The molecular formula is C34H38FNO13. The number of hydrogen-bond acceptors (Lipinski definition) is 13. The Labute approximate surface area is 281 Å². The lowest BCUT2D eigenvalue weighted by Crippen LogP contribution is -2.64. The molecule has 2 saturated heterocycles. The van der Waals surface area contributed by atoms with E-state index < -0.39 is 78.4 Å². The molecule has 2 heterocycles. The van der Waals surface area contributed by atoms with Gasteiger partial charge in [-0.2, -0.15) is 0 Å². The predicted molar refractivity (Wildman–Crippen MR) is 164 cm³/mol. The average Bonchev–Trinajstić information content (AvgIpc) is 3.04. The number of rotatable bonds is 12. The van der Waals surface area contributed by atoms with Gasteiger partial charge in [0.15, 0.2) is 18.3 Å². The Morgan fingerprint density at radius 3 is 1.94 bits per heavy atom. The topological polar surface area (TPSA) is 170 Å². The molecule has 1 amide bonds. The fraction of sp³-hybridized carbons (Fsp3) is 0.471. The fourth-order valence-corrected chi connectivity index (χ4v) is 6.01. The summed E-state index contributed by atoms with van der Waals surface area (Å²) in [5.41, 5.74) is 1.36. The van der Waals surface area contributed by atoms with E-state index in [9.17, 15) is 33.2 Å². The van der Waals surface area contributed by atoms with Gasteiger partial charge < -0.3 is 38.1 Å². The van der Waals surface area contributed by atoms with Gasteiger partial charge in [-0.15, -0.1) is 0 Å². The van der Waals surface area contributed by atoms with Gasteiger partial charge in [-0.05, 0) is 48.2 Å². The van der Waals surface area contributed by atoms with Crippen LogP contribution in [0.1, 0.15) is 63.8 Å². The first-order chi connectivity index (χ1) is 23.2. The number of nitrogens with zero attached hydrogens (tertiary/aromatic N) is 1. The first kappa shape index (κ1) is 36.8. The molecule has 2 aromatic carbocycles. The van der Waals surface area contributed by atoms with Crippen molar-refractivity contribution in [2.24, 2.45) is 5.92 Å². The summed E-state index contributed by atoms with van der Waals surface area (Å²) in [4.78, 5) is 75.0. The van der Waals surface area contributed by atoms with E-state index in [2.05, 4.69) is 0 Å². The van der Waals surface area contributed by atoms with Crippen molar-refractivity contribution in [2.45, 2.75) is 83.4 Å². The van der Waals surface area contributed by atoms with Crippen molar-refractivity contribution in [1.29, 1.82) is 0 Å². The molecule has 0 aromatic heterocycles. The molecule has 264 valence electrons. The molecule has 1 unspecified atom stereocenters. The van der Waals surface area contributed by atoms with E-state index in [1.165, 1.54) is 31.2 Å². The van der Waals surface area contributed by atoms with Gasteiger partial charge in [-0.3, -0.25) is 24.0 Å². The molecule has 2 aliphatic heterocycles. The van der Waals surface area contributed by atoms with Crippen LogP contribution in [0.25, 0.3) is 0 Å². The molecule has 0 aliphatic carbocycles. The molecule has 15 heteroatoms. The van der Waals surface area contributed by atoms with Crippen LogP contribution < -0.4 is 4.74 Å². The minimum Gasteiger partial charge on any atom is -0.467 e. The number of hydrogen-bond donors (Lipinski definition) is 0. The monoisotopic (exact) mass is 687 g/mol. The van der Waals surface area contributed by atoms with E-state index in [1.807, 2.05) is 0 Å². The molecule has 8 atom stereocenters. The quantitative estimate of drug-likeness (QED) is 0.181. The summed E-state index contributed by atoms with van der Waals surface area (Å²) >= 11 is 0. The van der Waals surface area contributed by atoms with Crippen molar-refractivity contribution in [1.82, 2.24) is 4.90 Å². The Hall–Kier alpha value is -5.05. The lowest BCUT2D eigenvalue weighted by Gasteiger charge is -2.46. The van der Waals surface area contributed by atoms with Gasteiger partial charge in [0.1, 0.15) is 17.7 Å². The molecule has 2 aromatic rings. The van der Waals surface area contributed by atoms with Crippen LogP contribution in [0.3, 0.4) is 0 Å². The number of halogens is 1. The average molecular weight is 688 g/mol. The van der Waals surface area contributed by atoms with Crippen molar-refractivity contribution < 1.29 is 66.3 Å². The minimum absolute atomic E-state index is 0.0986. The summed E-state index contributed by atoms with van der Waals surface area (Å²) in [5.74, 6) is -4.69. The molecule has 2 fully saturated rings. The Balaban J connectivity index is 1.54. The highest BCUT2D eigenvalue weighted by Gasteiger charge is 2.56. The predicted octanol–water partition coefficient (Wildman–Crippen LogP) is 3.11. The van der Waals surface area contributed by atoms with Crippen LogP contribution in [0, 0.1) is 11.7 Å². The zero-order valence-electron chi connectivity index (χ0n) is 27.8. The van der Waals surface area contributed by atoms with Crippen LogP contribution in [0.2, 0.25) is 0 Å².